The van der Waals surface area contributed by atoms with E-state index in [2.05, 4.69) is 13.8 Å². The highest BCUT2D eigenvalue weighted by atomic mass is 16.4. The van der Waals surface area contributed by atoms with Crippen LogP contribution in [0.3, 0.4) is 0 Å². The summed E-state index contributed by atoms with van der Waals surface area (Å²) >= 11 is 0. The van der Waals surface area contributed by atoms with Crippen LogP contribution in [0.1, 0.15) is 25.2 Å². The predicted molar refractivity (Wildman–Crippen MR) is 55.3 cm³/mol. The molecule has 0 aliphatic heterocycles. The lowest BCUT2D eigenvalue weighted by molar-refractivity contribution is -0.136. The first-order chi connectivity index (χ1) is 6.50. The Morgan fingerprint density at radius 1 is 1.43 bits per heavy atom. The molecule has 0 spiro atoms. The molecule has 1 rings (SSSR count). The number of nitrogens with zero attached hydrogens (tertiary/aromatic N) is 1. The van der Waals surface area contributed by atoms with Crippen molar-refractivity contribution in [3.8, 4) is 0 Å². The minimum Gasteiger partial charge on any atom is -0.481 e. The van der Waals surface area contributed by atoms with E-state index in [-0.39, 0.29) is 6.42 Å². The van der Waals surface area contributed by atoms with E-state index in [1.807, 2.05) is 23.7 Å². The summed E-state index contributed by atoms with van der Waals surface area (Å²) in [6.45, 7) is 4.31. The van der Waals surface area contributed by atoms with Gasteiger partial charge in [0.25, 0.3) is 0 Å². The summed E-state index contributed by atoms with van der Waals surface area (Å²) < 4.78 is 1.98. The van der Waals surface area contributed by atoms with Crippen LogP contribution in [0, 0.1) is 5.92 Å². The molecule has 0 fully saturated rings. The van der Waals surface area contributed by atoms with Crippen LogP contribution in [0.2, 0.25) is 0 Å². The van der Waals surface area contributed by atoms with E-state index in [1.165, 1.54) is 5.69 Å². The minimum atomic E-state index is -0.776. The third-order valence-corrected chi connectivity index (χ3v) is 2.28. The van der Waals surface area contributed by atoms with Crippen molar-refractivity contribution in [2.75, 3.05) is 0 Å². The minimum absolute atomic E-state index is 0.106. The number of carbonyl (C=O) groups is 1. The zero-order valence-corrected chi connectivity index (χ0v) is 8.95. The van der Waals surface area contributed by atoms with Crippen molar-refractivity contribution in [2.45, 2.75) is 26.7 Å². The monoisotopic (exact) mass is 195 g/mol. The van der Waals surface area contributed by atoms with E-state index in [9.17, 15) is 4.79 Å². The Hall–Kier alpha value is -1.25. The lowest BCUT2D eigenvalue weighted by Gasteiger charge is -2.08. The first-order valence-electron chi connectivity index (χ1n) is 4.86. The molecule has 0 bridgehead atoms. The number of aromatic nitrogens is 1. The van der Waals surface area contributed by atoms with Gasteiger partial charge in [-0.1, -0.05) is 13.8 Å². The van der Waals surface area contributed by atoms with Crippen molar-refractivity contribution in [1.29, 1.82) is 0 Å². The summed E-state index contributed by atoms with van der Waals surface area (Å²) in [5, 5.41) is 8.67. The maximum absolute atomic E-state index is 10.5. The molecule has 0 saturated heterocycles. The number of rotatable bonds is 4. The SMILES string of the molecule is CC(C)Cc1ccc(CC(=O)O)n1C. The number of carboxylic acid groups (broad SMARTS) is 1. The second-order valence-electron chi connectivity index (χ2n) is 4.04. The molecule has 78 valence electrons. The molecule has 0 radical (unpaired) electrons. The van der Waals surface area contributed by atoms with Gasteiger partial charge in [0, 0.05) is 18.4 Å². The quantitative estimate of drug-likeness (QED) is 0.796. The van der Waals surface area contributed by atoms with Crippen LogP contribution in [0.25, 0.3) is 0 Å². The van der Waals surface area contributed by atoms with Crippen LogP contribution < -0.4 is 0 Å². The Kier molecular flexibility index (Phi) is 3.33. The molecule has 14 heavy (non-hydrogen) atoms. The summed E-state index contributed by atoms with van der Waals surface area (Å²) in [7, 11) is 1.93. The van der Waals surface area contributed by atoms with Crippen LogP contribution >= 0.6 is 0 Å². The Morgan fingerprint density at radius 2 is 2.00 bits per heavy atom. The van der Waals surface area contributed by atoms with E-state index < -0.39 is 5.97 Å². The molecule has 0 amide bonds. The Labute approximate surface area is 84.4 Å². The molecule has 3 heteroatoms. The molecule has 0 aliphatic carbocycles. The zero-order valence-electron chi connectivity index (χ0n) is 8.95. The zero-order chi connectivity index (χ0) is 10.7. The fraction of sp³-hybridized carbons (Fsp3) is 0.545. The van der Waals surface area contributed by atoms with Gasteiger partial charge >= 0.3 is 5.97 Å². The number of carboxylic acids is 1. The van der Waals surface area contributed by atoms with Gasteiger partial charge in [-0.3, -0.25) is 4.79 Å². The van der Waals surface area contributed by atoms with E-state index in [0.717, 1.165) is 12.1 Å². The molecule has 0 aromatic carbocycles. The Balaban J connectivity index is 2.79. The maximum atomic E-state index is 10.5. The van der Waals surface area contributed by atoms with Crippen molar-refractivity contribution in [3.05, 3.63) is 23.5 Å². The molecule has 1 heterocycles. The van der Waals surface area contributed by atoms with E-state index in [1.54, 1.807) is 0 Å². The van der Waals surface area contributed by atoms with E-state index in [4.69, 9.17) is 5.11 Å². The maximum Gasteiger partial charge on any atom is 0.309 e. The van der Waals surface area contributed by atoms with Crippen LogP contribution in [0.5, 0.6) is 0 Å². The number of hydrogen-bond acceptors (Lipinski definition) is 1. The van der Waals surface area contributed by atoms with Crippen LogP contribution in [-0.2, 0) is 24.7 Å². The van der Waals surface area contributed by atoms with Gasteiger partial charge in [0.15, 0.2) is 0 Å². The molecule has 0 aliphatic rings. The number of aliphatic carboxylic acids is 1. The molecule has 0 unspecified atom stereocenters. The first-order valence-corrected chi connectivity index (χ1v) is 4.86. The fourth-order valence-electron chi connectivity index (χ4n) is 1.56. The van der Waals surface area contributed by atoms with Gasteiger partial charge in [-0.15, -0.1) is 0 Å². The molecule has 0 saturated carbocycles. The van der Waals surface area contributed by atoms with Crippen LogP contribution in [-0.4, -0.2) is 15.6 Å². The Bertz CT molecular complexity index is 326. The average Bonchev–Trinajstić information content (AvgIpc) is 2.34. The standard InChI is InChI=1S/C11H17NO2/c1-8(2)6-9-4-5-10(12(9)3)7-11(13)14/h4-5,8H,6-7H2,1-3H3,(H,13,14). The van der Waals surface area contributed by atoms with Crippen LogP contribution in [0.15, 0.2) is 12.1 Å². The largest absolute Gasteiger partial charge is 0.481 e. The second-order valence-corrected chi connectivity index (χ2v) is 4.04. The van der Waals surface area contributed by atoms with Gasteiger partial charge in [-0.05, 0) is 24.5 Å². The predicted octanol–water partition coefficient (Wildman–Crippen LogP) is 1.85. The summed E-state index contributed by atoms with van der Waals surface area (Å²) in [6, 6.07) is 3.91. The molecular formula is C11H17NO2. The smallest absolute Gasteiger partial charge is 0.309 e. The molecule has 1 aromatic heterocycles. The van der Waals surface area contributed by atoms with Crippen molar-refractivity contribution < 1.29 is 9.90 Å². The number of hydrogen-bond donors (Lipinski definition) is 1. The van der Waals surface area contributed by atoms with Gasteiger partial charge in [0.1, 0.15) is 0 Å². The molecule has 1 aromatic rings. The summed E-state index contributed by atoms with van der Waals surface area (Å²) in [5.74, 6) is -0.177. The molecular weight excluding hydrogens is 178 g/mol. The molecule has 0 atom stereocenters. The van der Waals surface area contributed by atoms with Gasteiger partial charge in [0.05, 0.1) is 6.42 Å². The highest BCUT2D eigenvalue weighted by molar-refractivity contribution is 5.69. The topological polar surface area (TPSA) is 42.2 Å². The van der Waals surface area contributed by atoms with Crippen molar-refractivity contribution in [1.82, 2.24) is 4.57 Å². The van der Waals surface area contributed by atoms with E-state index in [0.29, 0.717) is 5.92 Å². The highest BCUT2D eigenvalue weighted by Crippen LogP contribution is 2.12. The lowest BCUT2D eigenvalue weighted by atomic mass is 10.1. The highest BCUT2D eigenvalue weighted by Gasteiger charge is 2.08. The molecule has 3 nitrogen and oxygen atoms in total. The fourth-order valence-corrected chi connectivity index (χ4v) is 1.56. The summed E-state index contributed by atoms with van der Waals surface area (Å²) in [5.41, 5.74) is 2.07. The summed E-state index contributed by atoms with van der Waals surface area (Å²) in [4.78, 5) is 10.5. The third kappa shape index (κ3) is 2.62. The van der Waals surface area contributed by atoms with Gasteiger partial charge in [-0.2, -0.15) is 0 Å². The second kappa shape index (κ2) is 4.31. The average molecular weight is 195 g/mol. The third-order valence-electron chi connectivity index (χ3n) is 2.28. The van der Waals surface area contributed by atoms with Gasteiger partial charge < -0.3 is 9.67 Å². The van der Waals surface area contributed by atoms with Gasteiger partial charge in [0.2, 0.25) is 0 Å². The van der Waals surface area contributed by atoms with Crippen molar-refractivity contribution >= 4 is 5.97 Å². The first kappa shape index (κ1) is 10.8. The van der Waals surface area contributed by atoms with E-state index >= 15 is 0 Å². The van der Waals surface area contributed by atoms with Crippen LogP contribution in [0.4, 0.5) is 0 Å². The normalized spacial score (nSPS) is 10.9. The molecule has 1 N–H and O–H groups in total. The van der Waals surface area contributed by atoms with Gasteiger partial charge in [-0.25, -0.2) is 0 Å². The van der Waals surface area contributed by atoms with Crippen molar-refractivity contribution in [2.24, 2.45) is 13.0 Å². The Morgan fingerprint density at radius 3 is 2.50 bits per heavy atom. The van der Waals surface area contributed by atoms with Crippen molar-refractivity contribution in [3.63, 3.8) is 0 Å². The summed E-state index contributed by atoms with van der Waals surface area (Å²) in [6.07, 6.45) is 1.10. The lowest BCUT2D eigenvalue weighted by Crippen LogP contribution is -2.08.